The van der Waals surface area contributed by atoms with Crippen molar-refractivity contribution in [3.63, 3.8) is 0 Å². The molecule has 0 saturated heterocycles. The minimum absolute atomic E-state index is 0.359. The summed E-state index contributed by atoms with van der Waals surface area (Å²) in [7, 11) is 0. The number of aromatic amines is 2. The Morgan fingerprint density at radius 2 is 0.895 bits per heavy atom. The highest BCUT2D eigenvalue weighted by Crippen LogP contribution is 2.38. The first-order chi connectivity index (χ1) is 51.6. The van der Waals surface area contributed by atoms with Crippen molar-refractivity contribution < 1.29 is 54.8 Å². The van der Waals surface area contributed by atoms with Crippen LogP contribution in [0.1, 0.15) is 221 Å². The average molecular weight is 1510 g/mol. The molecular formula is C82H142F6N10O6S. The van der Waals surface area contributed by atoms with Crippen molar-refractivity contribution in [2.24, 2.45) is 0 Å². The van der Waals surface area contributed by atoms with Crippen molar-refractivity contribution >= 4 is 17.8 Å². The van der Waals surface area contributed by atoms with Gasteiger partial charge in [0.05, 0.1) is 19.1 Å². The van der Waals surface area contributed by atoms with Crippen molar-refractivity contribution in [2.75, 3.05) is 38.6 Å². The van der Waals surface area contributed by atoms with E-state index >= 15 is 0 Å². The van der Waals surface area contributed by atoms with Crippen molar-refractivity contribution in [2.45, 2.75) is 236 Å². The summed E-state index contributed by atoms with van der Waals surface area (Å²) >= 11 is 1.85. The largest absolute Gasteiger partial charge is 0.585 e. The number of nitrogens with one attached hydrogen (secondary N) is 5. The molecule has 8 aliphatic rings. The molecule has 16 nitrogen and oxygen atoms in total. The first kappa shape index (κ1) is 118. The molecule has 0 fully saturated rings. The monoisotopic (exact) mass is 1510 g/mol. The Kier molecular flexibility index (Phi) is 119. The van der Waals surface area contributed by atoms with E-state index in [9.17, 15) is 26.3 Å². The number of fused-ring (bicyclic) bond motifs is 2. The first-order valence-corrected chi connectivity index (χ1v) is 38.7. The number of benzene rings is 2. The van der Waals surface area contributed by atoms with Gasteiger partial charge >= 0.3 is 18.5 Å². The molecule has 10 heterocycles. The minimum atomic E-state index is -4.57. The highest BCUT2D eigenvalue weighted by molar-refractivity contribution is 8.02. The molecule has 0 spiro atoms. The lowest BCUT2D eigenvalue weighted by Gasteiger charge is -2.26. The summed E-state index contributed by atoms with van der Waals surface area (Å²) in [5.74, 6) is 1.22. The number of rotatable bonds is 0. The first-order valence-electron chi connectivity index (χ1n) is 37.6. The van der Waals surface area contributed by atoms with Crippen molar-refractivity contribution in [1.82, 2.24) is 51.1 Å². The van der Waals surface area contributed by atoms with Crippen molar-refractivity contribution in [3.8, 4) is 0 Å². The predicted octanol–water partition coefficient (Wildman–Crippen LogP) is 24.9. The number of hydrogen-bond acceptors (Lipinski definition) is 15. The molecule has 4 aromatic heterocycles. The van der Waals surface area contributed by atoms with Crippen LogP contribution >= 0.6 is 11.8 Å². The molecular weight excluding hydrogens is 1370 g/mol. The van der Waals surface area contributed by atoms with E-state index in [2.05, 4.69) is 130 Å². The maximum Gasteiger partial charge on any atom is 0.585 e. The molecule has 0 bridgehead atoms. The number of ether oxygens (including phenoxy) is 6. The van der Waals surface area contributed by atoms with Crippen LogP contribution in [0.5, 0.6) is 0 Å². The number of thioether (sulfide) groups is 1. The Bertz CT molecular complexity index is 2320. The van der Waals surface area contributed by atoms with Gasteiger partial charge in [-0.2, -0.15) is 22.7 Å². The van der Waals surface area contributed by atoms with E-state index in [0.717, 1.165) is 51.8 Å². The lowest BCUT2D eigenvalue weighted by molar-refractivity contribution is -0.417. The SMILES string of the molecule is C1=CNCC1.C1=COCCC1.C1=COCCN1.C1=CSCCN1.C1=Cc2ccccc2C1.CC.CC.CC.CC.CC.CC.CC.CC.CC.CC.CC.CC.FC1(F)OC=CO1.FC1(F)OC=COC1(F)F.c1cc2c([nH]1)CCCC2.c1ccccc1.c1ccncc1.c1cnccn1.c1nc[nH]n1. The van der Waals surface area contributed by atoms with Gasteiger partial charge in [0.2, 0.25) is 0 Å². The Morgan fingerprint density at radius 1 is 0.410 bits per heavy atom. The van der Waals surface area contributed by atoms with Crippen LogP contribution in [0.2, 0.25) is 0 Å². The van der Waals surface area contributed by atoms with Crippen LogP contribution in [0.15, 0.2) is 221 Å². The molecule has 14 rings (SSSR count). The quantitative estimate of drug-likeness (QED) is 0.0903. The molecule has 2 aliphatic carbocycles. The number of nitrogens with zero attached hydrogens (tertiary/aromatic N) is 5. The van der Waals surface area contributed by atoms with Crippen LogP contribution in [0, 0.1) is 0 Å². The fourth-order valence-electron chi connectivity index (χ4n) is 6.08. The molecule has 604 valence electrons. The van der Waals surface area contributed by atoms with E-state index in [4.69, 9.17) is 9.47 Å². The number of aryl methyl sites for hydroxylation is 2. The number of hydrogen-bond donors (Lipinski definition) is 5. The molecule has 0 saturated carbocycles. The van der Waals surface area contributed by atoms with E-state index < -0.39 is 18.5 Å². The van der Waals surface area contributed by atoms with Gasteiger partial charge < -0.3 is 49.4 Å². The maximum absolute atomic E-state index is 11.8. The lowest BCUT2D eigenvalue weighted by atomic mass is 9.98. The van der Waals surface area contributed by atoms with Crippen LogP contribution in [0.4, 0.5) is 26.3 Å². The maximum atomic E-state index is 11.8. The van der Waals surface area contributed by atoms with E-state index in [0.29, 0.717) is 12.5 Å². The molecule has 105 heavy (non-hydrogen) atoms. The molecule has 23 heteroatoms. The third kappa shape index (κ3) is 86.0. The second-order valence-electron chi connectivity index (χ2n) is 16.0. The molecule has 2 aromatic carbocycles. The fourth-order valence-corrected chi connectivity index (χ4v) is 6.64. The minimum Gasteiger partial charge on any atom is -0.502 e. The summed E-state index contributed by atoms with van der Waals surface area (Å²) in [6.07, 6.45) is 32.6. The zero-order valence-corrected chi connectivity index (χ0v) is 69.4. The van der Waals surface area contributed by atoms with Crippen LogP contribution < -0.4 is 16.0 Å². The van der Waals surface area contributed by atoms with Crippen LogP contribution in [0.3, 0.4) is 0 Å². The summed E-state index contributed by atoms with van der Waals surface area (Å²) in [5, 5.41) is 17.2. The lowest BCUT2D eigenvalue weighted by Crippen LogP contribution is -2.44. The number of halogens is 6. The summed E-state index contributed by atoms with van der Waals surface area (Å²) < 4.78 is 93.7. The van der Waals surface area contributed by atoms with Gasteiger partial charge in [-0.15, -0.1) is 20.5 Å². The second-order valence-corrected chi connectivity index (χ2v) is 17.0. The third-order valence-electron chi connectivity index (χ3n) is 9.89. The van der Waals surface area contributed by atoms with Gasteiger partial charge in [0.25, 0.3) is 0 Å². The van der Waals surface area contributed by atoms with Crippen LogP contribution in [0.25, 0.3) is 6.08 Å². The highest BCUT2D eigenvalue weighted by atomic mass is 32.2. The van der Waals surface area contributed by atoms with E-state index in [1.807, 2.05) is 251 Å². The summed E-state index contributed by atoms with van der Waals surface area (Å²) in [5.41, 5.74) is 5.86. The van der Waals surface area contributed by atoms with Gasteiger partial charge in [0, 0.05) is 86.9 Å². The fraction of sp³-hybridized carbons (Fsp3) is 0.500. The van der Waals surface area contributed by atoms with Gasteiger partial charge in [0.15, 0.2) is 0 Å². The van der Waals surface area contributed by atoms with Gasteiger partial charge in [-0.05, 0) is 104 Å². The van der Waals surface area contributed by atoms with E-state index in [1.165, 1.54) is 80.2 Å². The second kappa shape index (κ2) is 106. The summed E-state index contributed by atoms with van der Waals surface area (Å²) in [4.78, 5) is 18.0. The standard InChI is InChI=1S/C9H8.C8H11N.C6H6.C5H5N.C5H8O.C4H2F4O2.C4H4N2.C4H7NO.C4H7NS.C4H7N.C3H2F2O2.C2H3N3.12C2H6/c1-2-5-9-7-3-6-8(9)4-1;1-2-4-8-7(3-1)5-6-9-8;3*1-2-4-6-5-3-1;5-3(6)4(7,8)10-2-1-9-3;1-2-6-4-3-5-1;2*1-3-6-4-2-5-1;1-2-4-5-3-1;4-3(5)6-1-2-7-3;1-3-2-5-4-1;12*1-2/h1-6H,7H2;5-6,9H,1-4H2;1-6H;1-5H;2,4H,1,3,5H2;1-2H;1-4H;2*1,3,5H,2,4H2;1,3,5H,2,4H2;1-2H;1-2H,(H,3,4,5);12*1-2H3. The molecule has 0 amide bonds. The van der Waals surface area contributed by atoms with Crippen molar-refractivity contribution in [1.29, 1.82) is 0 Å². The molecule has 6 aliphatic heterocycles. The Morgan fingerprint density at radius 3 is 1.15 bits per heavy atom. The van der Waals surface area contributed by atoms with Crippen molar-refractivity contribution in [3.05, 3.63) is 243 Å². The Labute approximate surface area is 638 Å². The highest BCUT2D eigenvalue weighted by Gasteiger charge is 2.63. The van der Waals surface area contributed by atoms with E-state index in [-0.39, 0.29) is 0 Å². The summed E-state index contributed by atoms with van der Waals surface area (Å²) in [6, 6.07) is 28.4. The smallest absolute Gasteiger partial charge is 0.502 e. The number of alkyl halides is 6. The molecule has 6 aromatic rings. The van der Waals surface area contributed by atoms with Gasteiger partial charge in [0.1, 0.15) is 44.3 Å². The van der Waals surface area contributed by atoms with E-state index in [1.54, 1.807) is 61.5 Å². The Hall–Kier alpha value is -8.60. The van der Waals surface area contributed by atoms with Gasteiger partial charge in [-0.1, -0.05) is 251 Å². The van der Waals surface area contributed by atoms with Gasteiger partial charge in [-0.3, -0.25) is 20.1 Å². The van der Waals surface area contributed by atoms with Crippen LogP contribution in [-0.2, 0) is 47.7 Å². The molecule has 0 atom stereocenters. The number of aromatic nitrogens is 7. The third-order valence-corrected chi connectivity index (χ3v) is 10.7. The number of H-pyrrole nitrogens is 2. The number of allylic oxidation sites excluding steroid dienone is 2. The average Bonchev–Trinajstić information content (AvgIpc) is 1.56. The van der Waals surface area contributed by atoms with Gasteiger partial charge in [-0.25, -0.2) is 4.98 Å². The normalized spacial score (nSPS) is 13.5. The molecule has 0 radical (unpaired) electrons. The zero-order valence-electron chi connectivity index (χ0n) is 68.6. The van der Waals surface area contributed by atoms with Crippen LogP contribution in [-0.4, -0.2) is 92.2 Å². The Balaban J connectivity index is -0.000000115. The molecule has 5 N–H and O–H groups in total. The molecule has 0 unspecified atom stereocenters. The zero-order chi connectivity index (χ0) is 81.9. The number of pyridine rings is 1. The summed E-state index contributed by atoms with van der Waals surface area (Å²) in [6.45, 7) is 52.9. The predicted molar refractivity (Wildman–Crippen MR) is 438 cm³/mol. The topological polar surface area (TPSA) is 188 Å².